The Bertz CT molecular complexity index is 1340. The summed E-state index contributed by atoms with van der Waals surface area (Å²) in [5.74, 6) is -0.0109. The molecule has 192 valence electrons. The number of thiazole rings is 1. The van der Waals surface area contributed by atoms with Gasteiger partial charge in [-0.25, -0.2) is 4.98 Å². The molecule has 2 unspecified atom stereocenters. The Morgan fingerprint density at radius 2 is 1.97 bits per heavy atom. The van der Waals surface area contributed by atoms with E-state index in [0.29, 0.717) is 24.3 Å². The molecule has 1 aromatic carbocycles. The number of pyridine rings is 1. The molecule has 0 N–H and O–H groups in total. The van der Waals surface area contributed by atoms with Crippen LogP contribution in [0.15, 0.2) is 29.1 Å². The molecule has 0 aliphatic carbocycles. The number of anilines is 2. The Balaban J connectivity index is 1.55. The van der Waals surface area contributed by atoms with Gasteiger partial charge in [0.05, 0.1) is 10.7 Å². The van der Waals surface area contributed by atoms with Crippen molar-refractivity contribution in [2.75, 3.05) is 29.9 Å². The molecular formula is C25H28F3N5O2S. The molecule has 0 radical (unpaired) electrons. The summed E-state index contributed by atoms with van der Waals surface area (Å²) in [5.41, 5.74) is 1.95. The molecule has 2 aromatic heterocycles. The molecule has 1 saturated heterocycles. The van der Waals surface area contributed by atoms with Gasteiger partial charge in [-0.05, 0) is 56.4 Å². The van der Waals surface area contributed by atoms with Crippen LogP contribution in [0.2, 0.25) is 0 Å². The van der Waals surface area contributed by atoms with E-state index in [-0.39, 0.29) is 28.8 Å². The molecule has 11 heteroatoms. The topological polar surface area (TPSA) is 74.4 Å². The van der Waals surface area contributed by atoms with Crippen LogP contribution < -0.4 is 20.1 Å². The third kappa shape index (κ3) is 5.28. The first-order valence-electron chi connectivity index (χ1n) is 11.7. The van der Waals surface area contributed by atoms with E-state index in [9.17, 15) is 23.2 Å². The van der Waals surface area contributed by atoms with Crippen molar-refractivity contribution in [2.24, 2.45) is 13.0 Å². The molecule has 1 aliphatic heterocycles. The smallest absolute Gasteiger partial charge is 0.406 e. The van der Waals surface area contributed by atoms with Crippen molar-refractivity contribution >= 4 is 33.1 Å². The van der Waals surface area contributed by atoms with Gasteiger partial charge in [0.2, 0.25) is 0 Å². The van der Waals surface area contributed by atoms with E-state index in [2.05, 4.69) is 32.5 Å². The average molecular weight is 520 g/mol. The van der Waals surface area contributed by atoms with Crippen molar-refractivity contribution in [1.82, 2.24) is 9.55 Å². The largest absolute Gasteiger partial charge is 0.573 e. The summed E-state index contributed by atoms with van der Waals surface area (Å²) in [4.78, 5) is 22.6. The quantitative estimate of drug-likeness (QED) is 0.472. The highest BCUT2D eigenvalue weighted by Crippen LogP contribution is 2.34. The molecule has 0 bridgehead atoms. The summed E-state index contributed by atoms with van der Waals surface area (Å²) in [5, 5.41) is 10.7. The summed E-state index contributed by atoms with van der Waals surface area (Å²) >= 11 is 1.44. The first-order chi connectivity index (χ1) is 17.0. The molecule has 36 heavy (non-hydrogen) atoms. The minimum absolute atomic E-state index is 0.123. The lowest BCUT2D eigenvalue weighted by Gasteiger charge is -2.38. The van der Waals surface area contributed by atoms with E-state index in [0.717, 1.165) is 34.8 Å². The maximum Gasteiger partial charge on any atom is 0.573 e. The highest BCUT2D eigenvalue weighted by molar-refractivity contribution is 7.18. The van der Waals surface area contributed by atoms with Gasteiger partial charge in [0.15, 0.2) is 0 Å². The van der Waals surface area contributed by atoms with Crippen molar-refractivity contribution in [3.63, 3.8) is 0 Å². The zero-order valence-electron chi connectivity index (χ0n) is 20.6. The number of nitriles is 1. The molecule has 0 amide bonds. The lowest BCUT2D eigenvalue weighted by molar-refractivity contribution is -0.274. The van der Waals surface area contributed by atoms with Gasteiger partial charge in [0, 0.05) is 38.9 Å². The van der Waals surface area contributed by atoms with Crippen LogP contribution >= 0.6 is 11.3 Å². The Hall–Kier alpha value is -3.26. The number of hydrogen-bond acceptors (Lipinski definition) is 7. The number of nitrogens with zero attached hydrogens (tertiary/aromatic N) is 5. The molecule has 7 nitrogen and oxygen atoms in total. The second-order valence-electron chi connectivity index (χ2n) is 9.32. The Labute approximate surface area is 211 Å². The van der Waals surface area contributed by atoms with E-state index < -0.39 is 6.36 Å². The molecule has 2 atom stereocenters. The number of benzene rings is 1. The van der Waals surface area contributed by atoms with Crippen molar-refractivity contribution < 1.29 is 17.9 Å². The van der Waals surface area contributed by atoms with E-state index in [1.165, 1.54) is 28.0 Å². The number of alkyl halides is 3. The zero-order chi connectivity index (χ0) is 26.2. The van der Waals surface area contributed by atoms with Gasteiger partial charge in [0.1, 0.15) is 27.7 Å². The number of ether oxygens (including phenoxy) is 1. The molecule has 4 rings (SSSR count). The molecule has 0 saturated carbocycles. The van der Waals surface area contributed by atoms with Crippen LogP contribution in [-0.2, 0) is 7.05 Å². The predicted octanol–water partition coefficient (Wildman–Crippen LogP) is 5.21. The molecular weight excluding hydrogens is 491 g/mol. The standard InChI is InChI=1S/C25H28F3N5O2S/c1-15-12-18(31(3)17-7-9-19(10-8-17)35-25(26,27)28)6-5-11-33(14-15)22-20(13-29)23(34)32(4)24-21(22)30-16(2)36-24/h7-10,15,18H,5-6,11-12,14H2,1-4H3. The van der Waals surface area contributed by atoms with Crippen LogP contribution in [0.3, 0.4) is 0 Å². The summed E-state index contributed by atoms with van der Waals surface area (Å²) in [6.07, 6.45) is -2.20. The highest BCUT2D eigenvalue weighted by atomic mass is 32.1. The van der Waals surface area contributed by atoms with Gasteiger partial charge < -0.3 is 19.1 Å². The first kappa shape index (κ1) is 25.8. The second kappa shape index (κ2) is 10.0. The van der Waals surface area contributed by atoms with Crippen LogP contribution in [0.1, 0.15) is 36.8 Å². The summed E-state index contributed by atoms with van der Waals surface area (Å²) in [7, 11) is 3.62. The summed E-state index contributed by atoms with van der Waals surface area (Å²) in [6, 6.07) is 8.24. The molecule has 3 aromatic rings. The van der Waals surface area contributed by atoms with E-state index in [1.807, 2.05) is 14.0 Å². The Morgan fingerprint density at radius 1 is 1.28 bits per heavy atom. The van der Waals surface area contributed by atoms with Crippen LogP contribution in [0, 0.1) is 24.2 Å². The number of fused-ring (bicyclic) bond motifs is 1. The Kier molecular flexibility index (Phi) is 7.18. The van der Waals surface area contributed by atoms with Gasteiger partial charge in [-0.15, -0.1) is 24.5 Å². The fourth-order valence-electron chi connectivity index (χ4n) is 4.98. The predicted molar refractivity (Wildman–Crippen MR) is 135 cm³/mol. The third-order valence-corrected chi connectivity index (χ3v) is 7.67. The van der Waals surface area contributed by atoms with Crippen molar-refractivity contribution in [3.8, 4) is 11.8 Å². The zero-order valence-corrected chi connectivity index (χ0v) is 21.4. The minimum atomic E-state index is -4.72. The second-order valence-corrected chi connectivity index (χ2v) is 10.5. The van der Waals surface area contributed by atoms with Crippen LogP contribution in [0.4, 0.5) is 24.5 Å². The fourth-order valence-corrected chi connectivity index (χ4v) is 5.85. The average Bonchev–Trinajstić information content (AvgIpc) is 3.18. The summed E-state index contributed by atoms with van der Waals surface area (Å²) < 4.78 is 42.9. The van der Waals surface area contributed by atoms with Gasteiger partial charge in [-0.3, -0.25) is 4.79 Å². The maximum atomic E-state index is 12.9. The lowest BCUT2D eigenvalue weighted by atomic mass is 9.93. The van der Waals surface area contributed by atoms with Crippen molar-refractivity contribution in [3.05, 3.63) is 45.2 Å². The van der Waals surface area contributed by atoms with Crippen molar-refractivity contribution in [1.29, 1.82) is 5.26 Å². The first-order valence-corrected chi connectivity index (χ1v) is 12.5. The number of halogens is 3. The third-order valence-electron chi connectivity index (χ3n) is 6.63. The SMILES string of the molecule is Cc1nc2c(N3CCCC(N(C)c4ccc(OC(F)(F)F)cc4)CC(C)C3)c(C#N)c(=O)n(C)c2s1. The summed E-state index contributed by atoms with van der Waals surface area (Å²) in [6.45, 7) is 5.36. The van der Waals surface area contributed by atoms with Crippen LogP contribution in [0.25, 0.3) is 10.3 Å². The highest BCUT2D eigenvalue weighted by Gasteiger charge is 2.31. The molecule has 1 aliphatic rings. The van der Waals surface area contributed by atoms with Gasteiger partial charge in [0.25, 0.3) is 5.56 Å². The fraction of sp³-hybridized carbons (Fsp3) is 0.480. The number of aromatic nitrogens is 2. The van der Waals surface area contributed by atoms with E-state index in [1.54, 1.807) is 19.2 Å². The van der Waals surface area contributed by atoms with E-state index >= 15 is 0 Å². The van der Waals surface area contributed by atoms with E-state index in [4.69, 9.17) is 0 Å². The van der Waals surface area contributed by atoms with Crippen molar-refractivity contribution in [2.45, 2.75) is 45.5 Å². The monoisotopic (exact) mass is 519 g/mol. The normalized spacial score (nSPS) is 19.0. The minimum Gasteiger partial charge on any atom is -0.406 e. The van der Waals surface area contributed by atoms with Gasteiger partial charge in [-0.2, -0.15) is 5.26 Å². The molecule has 0 spiro atoms. The number of rotatable bonds is 4. The molecule has 1 fully saturated rings. The number of hydrogen-bond donors (Lipinski definition) is 0. The molecule has 3 heterocycles. The van der Waals surface area contributed by atoms with Gasteiger partial charge in [-0.1, -0.05) is 6.92 Å². The van der Waals surface area contributed by atoms with Gasteiger partial charge >= 0.3 is 6.36 Å². The number of aryl methyl sites for hydroxylation is 2. The van der Waals surface area contributed by atoms with Crippen LogP contribution in [0.5, 0.6) is 5.75 Å². The maximum absolute atomic E-state index is 12.9. The lowest BCUT2D eigenvalue weighted by Crippen LogP contribution is -2.41. The Morgan fingerprint density at radius 3 is 2.61 bits per heavy atom. The van der Waals surface area contributed by atoms with Crippen LogP contribution in [-0.4, -0.2) is 42.1 Å².